The van der Waals surface area contributed by atoms with Crippen LogP contribution in [0, 0.1) is 6.92 Å². The molecule has 0 atom stereocenters. The molecule has 1 aromatic rings. The molecule has 0 fully saturated rings. The number of oxime groups is 1. The Kier molecular flexibility index (Phi) is 4.59. The fourth-order valence-corrected chi connectivity index (χ4v) is 1.79. The van der Waals surface area contributed by atoms with Gasteiger partial charge in [0.2, 0.25) is 0 Å². The predicted octanol–water partition coefficient (Wildman–Crippen LogP) is 2.99. The van der Waals surface area contributed by atoms with Crippen LogP contribution in [0.15, 0.2) is 10.7 Å². The number of unbranched alkanes of at least 4 members (excludes halogenated alkanes) is 1. The molecule has 4 heteroatoms. The van der Waals surface area contributed by atoms with Crippen molar-refractivity contribution >= 4 is 17.0 Å². The summed E-state index contributed by atoms with van der Waals surface area (Å²) in [6.07, 6.45) is 2.19. The van der Waals surface area contributed by atoms with Gasteiger partial charge in [0, 0.05) is 0 Å². The van der Waals surface area contributed by atoms with Gasteiger partial charge in [0.05, 0.1) is 21.8 Å². The Balaban J connectivity index is 2.48. The van der Waals surface area contributed by atoms with E-state index in [0.29, 0.717) is 6.61 Å². The maximum Gasteiger partial charge on any atom is 0.117 e. The number of thiazole rings is 1. The van der Waals surface area contributed by atoms with Gasteiger partial charge in [0.1, 0.15) is 6.61 Å². The van der Waals surface area contributed by atoms with Gasteiger partial charge in [0.25, 0.3) is 0 Å². The monoisotopic (exact) mass is 212 g/mol. The molecule has 0 saturated heterocycles. The van der Waals surface area contributed by atoms with Crippen molar-refractivity contribution in [1.29, 1.82) is 0 Å². The highest BCUT2D eigenvalue weighted by Crippen LogP contribution is 2.13. The fourth-order valence-electron chi connectivity index (χ4n) is 1.04. The zero-order valence-corrected chi connectivity index (χ0v) is 9.73. The largest absolute Gasteiger partial charge is 0.396 e. The van der Waals surface area contributed by atoms with E-state index in [4.69, 9.17) is 4.84 Å². The van der Waals surface area contributed by atoms with Gasteiger partial charge in [-0.1, -0.05) is 18.5 Å². The summed E-state index contributed by atoms with van der Waals surface area (Å²) in [6, 6.07) is 0. The van der Waals surface area contributed by atoms with Crippen molar-refractivity contribution in [2.45, 2.75) is 33.6 Å². The first-order valence-corrected chi connectivity index (χ1v) is 5.70. The predicted molar refractivity (Wildman–Crippen MR) is 59.9 cm³/mol. The minimum atomic E-state index is 0.700. The molecule has 0 aliphatic carbocycles. The number of nitrogens with zero attached hydrogens (tertiary/aromatic N) is 2. The Bertz CT molecular complexity index is 307. The molecule has 1 aromatic heterocycles. The Labute approximate surface area is 88.8 Å². The first-order valence-electron chi connectivity index (χ1n) is 4.82. The van der Waals surface area contributed by atoms with Gasteiger partial charge in [-0.05, 0) is 20.3 Å². The summed E-state index contributed by atoms with van der Waals surface area (Å²) in [5.74, 6) is 0. The first kappa shape index (κ1) is 11.2. The summed E-state index contributed by atoms with van der Waals surface area (Å²) in [5, 5.41) is 4.05. The van der Waals surface area contributed by atoms with Gasteiger partial charge in [-0.3, -0.25) is 0 Å². The van der Waals surface area contributed by atoms with E-state index in [9.17, 15) is 0 Å². The molecule has 0 radical (unpaired) electrons. The quantitative estimate of drug-likeness (QED) is 0.427. The third-order valence-corrected chi connectivity index (χ3v) is 2.90. The number of aryl methyl sites for hydroxylation is 1. The van der Waals surface area contributed by atoms with Gasteiger partial charge >= 0.3 is 0 Å². The van der Waals surface area contributed by atoms with E-state index >= 15 is 0 Å². The van der Waals surface area contributed by atoms with Gasteiger partial charge < -0.3 is 4.84 Å². The molecule has 0 saturated carbocycles. The summed E-state index contributed by atoms with van der Waals surface area (Å²) < 4.78 is 0. The van der Waals surface area contributed by atoms with Crippen LogP contribution in [-0.4, -0.2) is 17.3 Å². The van der Waals surface area contributed by atoms with E-state index in [1.165, 1.54) is 0 Å². The van der Waals surface area contributed by atoms with E-state index in [-0.39, 0.29) is 0 Å². The highest BCUT2D eigenvalue weighted by molar-refractivity contribution is 7.12. The van der Waals surface area contributed by atoms with Gasteiger partial charge in [-0.25, -0.2) is 4.98 Å². The summed E-state index contributed by atoms with van der Waals surface area (Å²) in [7, 11) is 0. The van der Waals surface area contributed by atoms with E-state index in [1.54, 1.807) is 11.3 Å². The van der Waals surface area contributed by atoms with E-state index < -0.39 is 0 Å². The smallest absolute Gasteiger partial charge is 0.117 e. The lowest BCUT2D eigenvalue weighted by molar-refractivity contribution is 0.141. The van der Waals surface area contributed by atoms with Gasteiger partial charge in [-0.2, -0.15) is 0 Å². The van der Waals surface area contributed by atoms with Crippen LogP contribution in [-0.2, 0) is 4.84 Å². The lowest BCUT2D eigenvalue weighted by Gasteiger charge is -1.99. The van der Waals surface area contributed by atoms with E-state index in [1.807, 2.05) is 19.4 Å². The Morgan fingerprint density at radius 3 is 3.00 bits per heavy atom. The molecule has 78 valence electrons. The van der Waals surface area contributed by atoms with Crippen LogP contribution >= 0.6 is 11.3 Å². The van der Waals surface area contributed by atoms with Crippen molar-refractivity contribution in [2.75, 3.05) is 6.61 Å². The topological polar surface area (TPSA) is 34.5 Å². The molecule has 1 heterocycles. The molecule has 14 heavy (non-hydrogen) atoms. The van der Waals surface area contributed by atoms with Crippen LogP contribution in [0.1, 0.15) is 37.3 Å². The van der Waals surface area contributed by atoms with Gasteiger partial charge in [-0.15, -0.1) is 11.3 Å². The number of hydrogen-bond acceptors (Lipinski definition) is 4. The van der Waals surface area contributed by atoms with Crippen molar-refractivity contribution in [3.8, 4) is 0 Å². The lowest BCUT2D eigenvalue weighted by Crippen LogP contribution is -1.97. The van der Waals surface area contributed by atoms with Crippen LogP contribution in [0.4, 0.5) is 0 Å². The van der Waals surface area contributed by atoms with Crippen molar-refractivity contribution in [3.05, 3.63) is 16.1 Å². The van der Waals surface area contributed by atoms with Crippen LogP contribution in [0.2, 0.25) is 0 Å². The summed E-state index contributed by atoms with van der Waals surface area (Å²) in [4.78, 5) is 10.5. The first-order chi connectivity index (χ1) is 6.75. The zero-order valence-electron chi connectivity index (χ0n) is 8.91. The molecule has 0 spiro atoms. The maximum atomic E-state index is 5.18. The van der Waals surface area contributed by atoms with E-state index in [2.05, 4.69) is 17.1 Å². The molecule has 1 rings (SSSR count). The zero-order chi connectivity index (χ0) is 10.4. The van der Waals surface area contributed by atoms with Crippen molar-refractivity contribution in [3.63, 3.8) is 0 Å². The Morgan fingerprint density at radius 2 is 2.43 bits per heavy atom. The molecular formula is C10H16N2OS. The third kappa shape index (κ3) is 3.10. The highest BCUT2D eigenvalue weighted by Gasteiger charge is 2.04. The average molecular weight is 212 g/mol. The second-order valence-corrected chi connectivity index (χ2v) is 3.99. The fraction of sp³-hybridized carbons (Fsp3) is 0.600. The second kappa shape index (κ2) is 5.75. The maximum absolute atomic E-state index is 5.18. The van der Waals surface area contributed by atoms with Crippen molar-refractivity contribution < 1.29 is 4.84 Å². The molecule has 3 nitrogen and oxygen atoms in total. The minimum Gasteiger partial charge on any atom is -0.396 e. The Morgan fingerprint density at radius 1 is 1.64 bits per heavy atom. The number of rotatable bonds is 5. The van der Waals surface area contributed by atoms with Gasteiger partial charge in [0.15, 0.2) is 0 Å². The summed E-state index contributed by atoms with van der Waals surface area (Å²) in [5.41, 5.74) is 3.77. The molecule has 0 aliphatic rings. The molecular weight excluding hydrogens is 196 g/mol. The molecule has 0 unspecified atom stereocenters. The molecule has 0 aliphatic heterocycles. The second-order valence-electron chi connectivity index (χ2n) is 3.13. The average Bonchev–Trinajstić information content (AvgIpc) is 2.59. The normalized spacial score (nSPS) is 11.8. The van der Waals surface area contributed by atoms with Crippen LogP contribution in [0.5, 0.6) is 0 Å². The number of hydrogen-bond donors (Lipinski definition) is 0. The minimum absolute atomic E-state index is 0.700. The molecule has 0 N–H and O–H groups in total. The highest BCUT2D eigenvalue weighted by atomic mass is 32.1. The molecule has 0 amide bonds. The van der Waals surface area contributed by atoms with E-state index in [0.717, 1.165) is 29.1 Å². The lowest BCUT2D eigenvalue weighted by atomic mass is 10.3. The molecule has 0 bridgehead atoms. The summed E-state index contributed by atoms with van der Waals surface area (Å²) in [6.45, 7) is 6.77. The Hall–Kier alpha value is -0.900. The summed E-state index contributed by atoms with van der Waals surface area (Å²) >= 11 is 1.60. The third-order valence-electron chi connectivity index (χ3n) is 1.86. The van der Waals surface area contributed by atoms with Crippen LogP contribution < -0.4 is 0 Å². The standard InChI is InChI=1S/C10H16N2OS/c1-4-5-6-13-12-9(3)10-8(2)11-7-14-10/h7H,4-6H2,1-3H3/b12-9+. The number of aromatic nitrogens is 1. The molecule has 0 aromatic carbocycles. The van der Waals surface area contributed by atoms with Crippen molar-refractivity contribution in [1.82, 2.24) is 4.98 Å². The van der Waals surface area contributed by atoms with Crippen molar-refractivity contribution in [2.24, 2.45) is 5.16 Å². The van der Waals surface area contributed by atoms with Crippen LogP contribution in [0.3, 0.4) is 0 Å². The SMILES string of the molecule is CCCCO/N=C(\C)c1scnc1C. The van der Waals surface area contributed by atoms with Crippen LogP contribution in [0.25, 0.3) is 0 Å².